The Bertz CT molecular complexity index is 712. The van der Waals surface area contributed by atoms with Crippen LogP contribution in [0, 0.1) is 18.3 Å². The average molecular weight is 295 g/mol. The highest BCUT2D eigenvalue weighted by Crippen LogP contribution is 2.30. The molecule has 0 saturated carbocycles. The summed E-state index contributed by atoms with van der Waals surface area (Å²) in [5.41, 5.74) is -0.883. The third kappa shape index (κ3) is 3.02. The lowest BCUT2D eigenvalue weighted by molar-refractivity contribution is -0.137. The van der Waals surface area contributed by atoms with Crippen LogP contribution < -0.4 is 5.32 Å². The summed E-state index contributed by atoms with van der Waals surface area (Å²) in [6.07, 6.45) is -4.44. The van der Waals surface area contributed by atoms with Crippen molar-refractivity contribution in [3.05, 3.63) is 46.8 Å². The molecule has 0 atom stereocenters. The first-order valence-corrected chi connectivity index (χ1v) is 5.68. The molecular formula is C13H8F3N3O2. The van der Waals surface area contributed by atoms with E-state index >= 15 is 0 Å². The zero-order valence-electron chi connectivity index (χ0n) is 10.7. The van der Waals surface area contributed by atoms with E-state index in [1.54, 1.807) is 6.07 Å². The lowest BCUT2D eigenvalue weighted by Gasteiger charge is -2.08. The van der Waals surface area contributed by atoms with E-state index in [9.17, 15) is 18.0 Å². The van der Waals surface area contributed by atoms with Crippen LogP contribution >= 0.6 is 0 Å². The minimum Gasteiger partial charge on any atom is -0.359 e. The van der Waals surface area contributed by atoms with Crippen molar-refractivity contribution in [3.63, 3.8) is 0 Å². The number of nitrogens with zero attached hydrogens (tertiary/aromatic N) is 2. The maximum atomic E-state index is 12.4. The van der Waals surface area contributed by atoms with Gasteiger partial charge in [0.15, 0.2) is 5.69 Å². The van der Waals surface area contributed by atoms with Crippen molar-refractivity contribution in [3.8, 4) is 6.07 Å². The van der Waals surface area contributed by atoms with Gasteiger partial charge in [-0.3, -0.25) is 4.79 Å². The van der Waals surface area contributed by atoms with Gasteiger partial charge in [0.1, 0.15) is 17.4 Å². The molecule has 0 fully saturated rings. The summed E-state index contributed by atoms with van der Waals surface area (Å²) in [5.74, 6) is -0.527. The fourth-order valence-corrected chi connectivity index (χ4v) is 1.65. The molecule has 5 nitrogen and oxygen atoms in total. The van der Waals surface area contributed by atoms with Gasteiger partial charge in [-0.1, -0.05) is 5.16 Å². The molecule has 2 aromatic rings. The molecule has 21 heavy (non-hydrogen) atoms. The Hall–Kier alpha value is -2.82. The van der Waals surface area contributed by atoms with Gasteiger partial charge >= 0.3 is 6.18 Å². The van der Waals surface area contributed by atoms with E-state index in [4.69, 9.17) is 9.78 Å². The smallest absolute Gasteiger partial charge is 0.359 e. The zero-order valence-corrected chi connectivity index (χ0v) is 10.7. The first kappa shape index (κ1) is 14.6. The number of rotatable bonds is 2. The predicted molar refractivity (Wildman–Crippen MR) is 65.4 cm³/mol. The van der Waals surface area contributed by atoms with Crippen molar-refractivity contribution in [1.29, 1.82) is 5.26 Å². The summed E-state index contributed by atoms with van der Waals surface area (Å²) in [5, 5.41) is 14.6. The number of carbonyl (C=O) groups excluding carboxylic acids is 1. The molecule has 0 aliphatic carbocycles. The Morgan fingerprint density at radius 2 is 1.95 bits per heavy atom. The fraction of sp³-hybridized carbons (Fsp3) is 0.154. The van der Waals surface area contributed by atoms with Crippen LogP contribution in [0.1, 0.15) is 27.4 Å². The molecule has 0 unspecified atom stereocenters. The monoisotopic (exact) mass is 295 g/mol. The fourth-order valence-electron chi connectivity index (χ4n) is 1.65. The summed E-state index contributed by atoms with van der Waals surface area (Å²) in [7, 11) is 0. The third-order valence-corrected chi connectivity index (χ3v) is 2.67. The van der Waals surface area contributed by atoms with Gasteiger partial charge in [-0.2, -0.15) is 18.4 Å². The Morgan fingerprint density at radius 1 is 1.33 bits per heavy atom. The molecule has 0 aliphatic heterocycles. The number of hydrogen-bond donors (Lipinski definition) is 1. The number of anilines is 1. The van der Waals surface area contributed by atoms with E-state index in [0.29, 0.717) is 0 Å². The largest absolute Gasteiger partial charge is 0.416 e. The molecule has 1 aromatic heterocycles. The van der Waals surface area contributed by atoms with Crippen LogP contribution in [0.15, 0.2) is 28.8 Å². The summed E-state index contributed by atoms with van der Waals surface area (Å²) in [6, 6.07) is 5.64. The summed E-state index contributed by atoms with van der Waals surface area (Å²) < 4.78 is 42.0. The van der Waals surface area contributed by atoms with E-state index in [0.717, 1.165) is 24.3 Å². The van der Waals surface area contributed by atoms with Gasteiger partial charge in [0.25, 0.3) is 5.91 Å². The van der Waals surface area contributed by atoms with E-state index in [-0.39, 0.29) is 22.7 Å². The van der Waals surface area contributed by atoms with Crippen molar-refractivity contribution in [2.45, 2.75) is 13.1 Å². The second-order valence-corrected chi connectivity index (χ2v) is 4.10. The minimum atomic E-state index is -4.44. The lowest BCUT2D eigenvalue weighted by Crippen LogP contribution is -2.14. The number of aryl methyl sites for hydroxylation is 1. The number of amides is 1. The molecule has 0 saturated heterocycles. The molecule has 8 heteroatoms. The van der Waals surface area contributed by atoms with Gasteiger partial charge in [-0.15, -0.1) is 0 Å². The number of hydrogen-bond acceptors (Lipinski definition) is 4. The highest BCUT2D eigenvalue weighted by Gasteiger charge is 2.30. The van der Waals surface area contributed by atoms with E-state index < -0.39 is 17.6 Å². The Balaban J connectivity index is 2.21. The quantitative estimate of drug-likeness (QED) is 0.923. The normalized spacial score (nSPS) is 11.0. The molecule has 0 bridgehead atoms. The number of carbonyl (C=O) groups is 1. The second kappa shape index (κ2) is 5.28. The molecule has 0 aliphatic rings. The molecule has 0 spiro atoms. The molecule has 108 valence electrons. The van der Waals surface area contributed by atoms with Crippen molar-refractivity contribution in [2.24, 2.45) is 0 Å². The maximum Gasteiger partial charge on any atom is 0.416 e. The first-order valence-electron chi connectivity index (χ1n) is 5.68. The number of benzene rings is 1. The van der Waals surface area contributed by atoms with Gasteiger partial charge in [-0.05, 0) is 31.2 Å². The standard InChI is InChI=1S/C13H8F3N3O2/c1-7-11(10(6-17)19-21-7)12(20)18-9-4-2-8(3-5-9)13(14,15)16/h2-5H,1H3,(H,18,20). The van der Waals surface area contributed by atoms with Crippen LogP contribution in [-0.4, -0.2) is 11.1 Å². The summed E-state index contributed by atoms with van der Waals surface area (Å²) in [4.78, 5) is 12.0. The molecule has 1 aromatic carbocycles. The van der Waals surface area contributed by atoms with Crippen molar-refractivity contribution in [2.75, 3.05) is 5.32 Å². The van der Waals surface area contributed by atoms with Crippen LogP contribution in [-0.2, 0) is 6.18 Å². The summed E-state index contributed by atoms with van der Waals surface area (Å²) in [6.45, 7) is 1.45. The van der Waals surface area contributed by atoms with Gasteiger partial charge < -0.3 is 9.84 Å². The van der Waals surface area contributed by atoms with Crippen molar-refractivity contribution in [1.82, 2.24) is 5.16 Å². The SMILES string of the molecule is Cc1onc(C#N)c1C(=O)Nc1ccc(C(F)(F)F)cc1. The van der Waals surface area contributed by atoms with Gasteiger partial charge in [0.05, 0.1) is 5.56 Å². The van der Waals surface area contributed by atoms with Crippen molar-refractivity contribution >= 4 is 11.6 Å². The van der Waals surface area contributed by atoms with E-state index in [1.807, 2.05) is 0 Å². The second-order valence-electron chi connectivity index (χ2n) is 4.10. The molecule has 1 heterocycles. The van der Waals surface area contributed by atoms with Crippen LogP contribution in [0.2, 0.25) is 0 Å². The molecule has 1 amide bonds. The predicted octanol–water partition coefficient (Wildman–Crippen LogP) is 3.13. The highest BCUT2D eigenvalue weighted by molar-refractivity contribution is 6.06. The Labute approximate surface area is 117 Å². The van der Waals surface area contributed by atoms with Crippen LogP contribution in [0.5, 0.6) is 0 Å². The number of nitrogens with one attached hydrogen (secondary N) is 1. The molecule has 2 rings (SSSR count). The number of alkyl halides is 3. The first-order chi connectivity index (χ1) is 9.82. The average Bonchev–Trinajstić information content (AvgIpc) is 2.79. The number of aromatic nitrogens is 1. The molecular weight excluding hydrogens is 287 g/mol. The minimum absolute atomic E-state index is 0.0441. The van der Waals surface area contributed by atoms with Crippen molar-refractivity contribution < 1.29 is 22.5 Å². The molecule has 0 radical (unpaired) electrons. The van der Waals surface area contributed by atoms with Gasteiger partial charge in [0.2, 0.25) is 0 Å². The van der Waals surface area contributed by atoms with Crippen LogP contribution in [0.3, 0.4) is 0 Å². The number of nitriles is 1. The topological polar surface area (TPSA) is 78.9 Å². The number of halogens is 3. The maximum absolute atomic E-state index is 12.4. The third-order valence-electron chi connectivity index (χ3n) is 2.67. The lowest BCUT2D eigenvalue weighted by atomic mass is 10.1. The van der Waals surface area contributed by atoms with Gasteiger partial charge in [0, 0.05) is 5.69 Å². The van der Waals surface area contributed by atoms with Crippen LogP contribution in [0.4, 0.5) is 18.9 Å². The summed E-state index contributed by atoms with van der Waals surface area (Å²) >= 11 is 0. The van der Waals surface area contributed by atoms with E-state index in [2.05, 4.69) is 10.5 Å². The highest BCUT2D eigenvalue weighted by atomic mass is 19.4. The Morgan fingerprint density at radius 3 is 2.48 bits per heavy atom. The Kier molecular flexibility index (Phi) is 3.67. The van der Waals surface area contributed by atoms with E-state index in [1.165, 1.54) is 6.92 Å². The van der Waals surface area contributed by atoms with Gasteiger partial charge in [-0.25, -0.2) is 0 Å². The molecule has 1 N–H and O–H groups in total. The van der Waals surface area contributed by atoms with Crippen LogP contribution in [0.25, 0.3) is 0 Å². The zero-order chi connectivity index (χ0) is 15.6.